The van der Waals surface area contributed by atoms with Gasteiger partial charge in [-0.2, -0.15) is 0 Å². The van der Waals surface area contributed by atoms with Crippen molar-refractivity contribution >= 4 is 62.9 Å². The van der Waals surface area contributed by atoms with Crippen LogP contribution in [0.3, 0.4) is 0 Å². The number of aliphatic hydroxyl groups is 1. The molecule has 1 fully saturated rings. The van der Waals surface area contributed by atoms with Gasteiger partial charge in [-0.1, -0.05) is 71.1 Å². The summed E-state index contributed by atoms with van der Waals surface area (Å²) in [4.78, 5) is 32.8. The summed E-state index contributed by atoms with van der Waals surface area (Å²) in [6.45, 7) is 3.66. The topological polar surface area (TPSA) is 101 Å². The van der Waals surface area contributed by atoms with E-state index in [0.717, 1.165) is 22.5 Å². The maximum atomic E-state index is 13.9. The van der Waals surface area contributed by atoms with Crippen LogP contribution in [0.4, 0.5) is 9.52 Å². The Labute approximate surface area is 247 Å². The Kier molecular flexibility index (Phi) is 7.10. The molecule has 1 aliphatic rings. The minimum Gasteiger partial charge on any atom is -0.505 e. The minimum atomic E-state index is -1.07. The van der Waals surface area contributed by atoms with Crippen LogP contribution in [0.2, 0.25) is 5.02 Å². The minimum absolute atomic E-state index is 0.161. The highest BCUT2D eigenvalue weighted by molar-refractivity contribution is 8.00. The largest absolute Gasteiger partial charge is 0.505 e. The zero-order valence-corrected chi connectivity index (χ0v) is 24.1. The molecule has 0 radical (unpaired) electrons. The van der Waals surface area contributed by atoms with E-state index in [1.807, 2.05) is 37.3 Å². The molecule has 1 unspecified atom stereocenters. The molecule has 5 aromatic rings. The third-order valence-corrected chi connectivity index (χ3v) is 9.32. The van der Waals surface area contributed by atoms with Crippen LogP contribution in [0.25, 0.3) is 11.4 Å². The first-order valence-electron chi connectivity index (χ1n) is 12.5. The number of anilines is 1. The van der Waals surface area contributed by atoms with E-state index < -0.39 is 29.3 Å². The lowest BCUT2D eigenvalue weighted by atomic mass is 9.96. The molecule has 41 heavy (non-hydrogen) atoms. The number of ketones is 1. The molecule has 12 heteroatoms. The molecule has 6 rings (SSSR count). The van der Waals surface area contributed by atoms with Gasteiger partial charge in [0.25, 0.3) is 5.78 Å². The summed E-state index contributed by atoms with van der Waals surface area (Å²) in [6, 6.07) is 15.5. The number of aromatic nitrogens is 4. The normalized spacial score (nSPS) is 16.7. The van der Waals surface area contributed by atoms with Crippen LogP contribution in [-0.2, 0) is 15.3 Å². The number of aliphatic hydroxyl groups excluding tert-OH is 1. The fourth-order valence-corrected chi connectivity index (χ4v) is 6.93. The number of pyridine rings is 1. The second-order valence-corrected chi connectivity index (χ2v) is 12.0. The molecule has 0 aliphatic carbocycles. The molecule has 0 saturated carbocycles. The van der Waals surface area contributed by atoms with Gasteiger partial charge in [0.1, 0.15) is 17.2 Å². The Balaban J connectivity index is 1.44. The van der Waals surface area contributed by atoms with Crippen LogP contribution in [-0.4, -0.2) is 36.4 Å². The number of Topliss-reactive ketones (excluding diaryl/α,β-unsaturated/α-hetero) is 1. The number of carbonyl (C=O) groups excluding carboxylic acids is 2. The summed E-state index contributed by atoms with van der Waals surface area (Å²) in [7, 11) is 0. The zero-order chi connectivity index (χ0) is 28.8. The third kappa shape index (κ3) is 4.79. The number of benzene rings is 2. The fraction of sp³-hybridized carbons (Fsp3) is 0.138. The quantitative estimate of drug-likeness (QED) is 0.0774. The molecule has 1 amide bonds. The number of rotatable bonds is 6. The van der Waals surface area contributed by atoms with Gasteiger partial charge >= 0.3 is 5.91 Å². The number of nitrogens with zero attached hydrogens (tertiary/aromatic N) is 5. The molecule has 206 valence electrons. The maximum absolute atomic E-state index is 13.9. The summed E-state index contributed by atoms with van der Waals surface area (Å²) in [6.07, 6.45) is 1.81. The van der Waals surface area contributed by atoms with Crippen LogP contribution in [0.1, 0.15) is 34.1 Å². The molecule has 0 bridgehead atoms. The van der Waals surface area contributed by atoms with Crippen molar-refractivity contribution in [2.75, 3.05) is 4.90 Å². The van der Waals surface area contributed by atoms with E-state index >= 15 is 0 Å². The highest BCUT2D eigenvalue weighted by Gasteiger charge is 2.48. The SMILES string of the molecule is Cc1cccn2c(C)c(/C(O)=C3\C(=O)C(=O)N(c4nnc(SCc5ccccc5Cl)s4)C3c3ccc(F)cc3)nc12. The molecule has 1 saturated heterocycles. The molecule has 2 aromatic carbocycles. The molecule has 0 spiro atoms. The number of hydrogen-bond acceptors (Lipinski definition) is 8. The smallest absolute Gasteiger partial charge is 0.301 e. The Morgan fingerprint density at radius 2 is 1.83 bits per heavy atom. The van der Waals surface area contributed by atoms with Crippen molar-refractivity contribution in [2.45, 2.75) is 30.0 Å². The second kappa shape index (κ2) is 10.7. The highest BCUT2D eigenvalue weighted by Crippen LogP contribution is 2.44. The van der Waals surface area contributed by atoms with Gasteiger partial charge in [-0.15, -0.1) is 10.2 Å². The van der Waals surface area contributed by atoms with E-state index in [1.54, 1.807) is 23.6 Å². The van der Waals surface area contributed by atoms with Crippen LogP contribution >= 0.6 is 34.7 Å². The van der Waals surface area contributed by atoms with E-state index in [9.17, 15) is 19.1 Å². The van der Waals surface area contributed by atoms with Gasteiger partial charge in [0.15, 0.2) is 10.1 Å². The summed E-state index contributed by atoms with van der Waals surface area (Å²) >= 11 is 8.80. The first-order chi connectivity index (χ1) is 19.7. The standard InChI is InChI=1S/C29H21ClFN5O3S2/c1-15-6-5-13-35-16(2)22(32-26(15)35)24(37)21-23(17-9-11-19(31)12-10-17)36(27(39)25(21)38)28-33-34-29(41-28)40-14-18-7-3-4-8-20(18)30/h3-13,23,37H,14H2,1-2H3/b24-21+. The number of amides is 1. The van der Waals surface area contributed by atoms with Crippen molar-refractivity contribution in [3.05, 3.63) is 111 Å². The predicted octanol–water partition coefficient (Wildman–Crippen LogP) is 6.51. The lowest BCUT2D eigenvalue weighted by Crippen LogP contribution is -2.29. The molecule has 8 nitrogen and oxygen atoms in total. The van der Waals surface area contributed by atoms with Gasteiger partial charge < -0.3 is 9.51 Å². The number of halogens is 2. The molecule has 1 N–H and O–H groups in total. The molecule has 4 heterocycles. The van der Waals surface area contributed by atoms with Crippen molar-refractivity contribution in [1.82, 2.24) is 19.6 Å². The Morgan fingerprint density at radius 1 is 1.07 bits per heavy atom. The fourth-order valence-electron chi connectivity index (χ4n) is 4.78. The maximum Gasteiger partial charge on any atom is 0.301 e. The average molecular weight is 606 g/mol. The van der Waals surface area contributed by atoms with Crippen LogP contribution in [0, 0.1) is 19.7 Å². The first-order valence-corrected chi connectivity index (χ1v) is 14.6. The van der Waals surface area contributed by atoms with E-state index in [-0.39, 0.29) is 16.4 Å². The molecule has 1 atom stereocenters. The lowest BCUT2D eigenvalue weighted by molar-refractivity contribution is -0.132. The lowest BCUT2D eigenvalue weighted by Gasteiger charge is -2.22. The van der Waals surface area contributed by atoms with Crippen molar-refractivity contribution in [2.24, 2.45) is 0 Å². The number of fused-ring (bicyclic) bond motifs is 1. The van der Waals surface area contributed by atoms with Crippen molar-refractivity contribution in [3.8, 4) is 0 Å². The highest BCUT2D eigenvalue weighted by atomic mass is 35.5. The van der Waals surface area contributed by atoms with Crippen LogP contribution < -0.4 is 4.90 Å². The summed E-state index contributed by atoms with van der Waals surface area (Å²) in [5, 5.41) is 20.8. The monoisotopic (exact) mass is 605 g/mol. The Morgan fingerprint density at radius 3 is 2.56 bits per heavy atom. The second-order valence-electron chi connectivity index (χ2n) is 9.38. The van der Waals surface area contributed by atoms with Gasteiger partial charge in [0.2, 0.25) is 5.13 Å². The van der Waals surface area contributed by atoms with Crippen LogP contribution in [0.5, 0.6) is 0 Å². The number of hydrogen-bond donors (Lipinski definition) is 1. The molecule has 3 aromatic heterocycles. The van der Waals surface area contributed by atoms with Gasteiger partial charge in [0.05, 0.1) is 17.3 Å². The predicted molar refractivity (Wildman–Crippen MR) is 157 cm³/mol. The van der Waals surface area contributed by atoms with E-state index in [2.05, 4.69) is 15.2 Å². The number of carbonyl (C=O) groups is 2. The Bertz CT molecular complexity index is 1870. The van der Waals surface area contributed by atoms with Crippen molar-refractivity contribution in [3.63, 3.8) is 0 Å². The summed E-state index contributed by atoms with van der Waals surface area (Å²) in [5.41, 5.74) is 3.44. The number of thioether (sulfide) groups is 1. The summed E-state index contributed by atoms with van der Waals surface area (Å²) in [5.74, 6) is -2.14. The van der Waals surface area contributed by atoms with E-state index in [0.29, 0.717) is 32.0 Å². The van der Waals surface area contributed by atoms with Gasteiger partial charge in [0, 0.05) is 17.0 Å². The van der Waals surface area contributed by atoms with Crippen molar-refractivity contribution < 1.29 is 19.1 Å². The first kappa shape index (κ1) is 27.1. The van der Waals surface area contributed by atoms with Gasteiger partial charge in [-0.05, 0) is 54.8 Å². The van der Waals surface area contributed by atoms with Gasteiger partial charge in [-0.25, -0.2) is 9.37 Å². The number of imidazole rings is 1. The zero-order valence-electron chi connectivity index (χ0n) is 21.7. The van der Waals surface area contributed by atoms with E-state index in [4.69, 9.17) is 11.6 Å². The molecular formula is C29H21ClFN5O3S2. The number of aryl methyl sites for hydroxylation is 2. The van der Waals surface area contributed by atoms with E-state index in [1.165, 1.54) is 40.9 Å². The van der Waals surface area contributed by atoms with Crippen molar-refractivity contribution in [1.29, 1.82) is 0 Å². The van der Waals surface area contributed by atoms with Crippen LogP contribution in [0.15, 0.2) is 76.8 Å². The summed E-state index contributed by atoms with van der Waals surface area (Å²) < 4.78 is 16.2. The molecule has 1 aliphatic heterocycles. The third-order valence-electron chi connectivity index (χ3n) is 6.85. The average Bonchev–Trinajstić information content (AvgIpc) is 3.64. The molecular weight excluding hydrogens is 585 g/mol. The van der Waals surface area contributed by atoms with Gasteiger partial charge in [-0.3, -0.25) is 14.5 Å². The Hall–Kier alpha value is -4.06.